The molecule has 2 aromatic rings. The van der Waals surface area contributed by atoms with E-state index in [0.717, 1.165) is 17.1 Å². The fraction of sp³-hybridized carbons (Fsp3) is 0.217. The van der Waals surface area contributed by atoms with Crippen LogP contribution in [0.2, 0.25) is 0 Å². The van der Waals surface area contributed by atoms with E-state index in [-0.39, 0.29) is 18.4 Å². The zero-order chi connectivity index (χ0) is 20.5. The number of hydrogen-bond donors (Lipinski definition) is 2. The molecule has 1 aliphatic rings. The van der Waals surface area contributed by atoms with E-state index >= 15 is 0 Å². The normalized spacial score (nSPS) is 16.1. The van der Waals surface area contributed by atoms with Crippen molar-refractivity contribution in [3.63, 3.8) is 0 Å². The molecule has 0 spiro atoms. The van der Waals surface area contributed by atoms with Gasteiger partial charge in [-0.25, -0.2) is 0 Å². The number of carbonyl (C=O) groups excluding carboxylic acids is 1. The number of ether oxygens (including phenoxy) is 1. The highest BCUT2D eigenvalue weighted by Gasteiger charge is 2.14. The number of aromatic nitrogens is 1. The molecule has 0 saturated heterocycles. The maximum Gasteiger partial charge on any atom is 0.228 e. The molecule has 0 radical (unpaired) electrons. The van der Waals surface area contributed by atoms with Crippen molar-refractivity contribution < 1.29 is 14.1 Å². The van der Waals surface area contributed by atoms with Crippen LogP contribution in [0.3, 0.4) is 0 Å². The average Bonchev–Trinajstić information content (AvgIpc) is 3.02. The lowest BCUT2D eigenvalue weighted by Gasteiger charge is -2.11. The van der Waals surface area contributed by atoms with Crippen LogP contribution in [0.1, 0.15) is 24.8 Å². The van der Waals surface area contributed by atoms with Crippen molar-refractivity contribution in [2.45, 2.75) is 26.3 Å². The molecule has 6 heteroatoms. The van der Waals surface area contributed by atoms with Crippen LogP contribution in [0, 0.1) is 6.92 Å². The summed E-state index contributed by atoms with van der Waals surface area (Å²) in [7, 11) is 0. The summed E-state index contributed by atoms with van der Waals surface area (Å²) >= 11 is 0. The Bertz CT molecular complexity index is 939. The maximum absolute atomic E-state index is 12.5. The van der Waals surface area contributed by atoms with Crippen LogP contribution >= 0.6 is 0 Å². The number of benzene rings is 1. The highest BCUT2D eigenvalue weighted by atomic mass is 16.5. The van der Waals surface area contributed by atoms with Gasteiger partial charge in [-0.15, -0.1) is 0 Å². The van der Waals surface area contributed by atoms with Gasteiger partial charge in [0.15, 0.2) is 5.76 Å². The number of hydrogen-bond acceptors (Lipinski definition) is 5. The van der Waals surface area contributed by atoms with E-state index in [9.17, 15) is 4.79 Å². The van der Waals surface area contributed by atoms with E-state index in [0.29, 0.717) is 17.9 Å². The molecule has 1 atom stereocenters. The first kappa shape index (κ1) is 20.2. The number of anilines is 1. The molecule has 0 aliphatic heterocycles. The van der Waals surface area contributed by atoms with Gasteiger partial charge in [-0.1, -0.05) is 41.6 Å². The molecule has 2 N–H and O–H groups in total. The molecular weight excluding hydrogens is 366 g/mol. The van der Waals surface area contributed by atoms with Crippen LogP contribution < -0.4 is 10.6 Å². The number of nitrogens with zero attached hydrogens (tertiary/aromatic N) is 1. The van der Waals surface area contributed by atoms with Crippen molar-refractivity contribution in [3.8, 4) is 0 Å². The number of para-hydroxylation sites is 1. The average molecular weight is 391 g/mol. The molecule has 0 bridgehead atoms. The van der Waals surface area contributed by atoms with Gasteiger partial charge >= 0.3 is 0 Å². The monoisotopic (exact) mass is 391 g/mol. The van der Waals surface area contributed by atoms with Gasteiger partial charge in [-0.2, -0.15) is 0 Å². The number of aryl methyl sites for hydroxylation is 1. The molecule has 1 aliphatic carbocycles. The fourth-order valence-electron chi connectivity index (χ4n) is 2.78. The predicted molar refractivity (Wildman–Crippen MR) is 114 cm³/mol. The molecule has 1 aromatic heterocycles. The molecule has 3 rings (SSSR count). The molecule has 1 aromatic carbocycles. The third-order valence-corrected chi connectivity index (χ3v) is 4.16. The molecule has 6 nitrogen and oxygen atoms in total. The van der Waals surface area contributed by atoms with Crippen molar-refractivity contribution in [1.82, 2.24) is 10.5 Å². The lowest BCUT2D eigenvalue weighted by Crippen LogP contribution is -2.20. The van der Waals surface area contributed by atoms with Gasteiger partial charge in [0.05, 0.1) is 24.8 Å². The van der Waals surface area contributed by atoms with Gasteiger partial charge in [0.2, 0.25) is 5.91 Å². The summed E-state index contributed by atoms with van der Waals surface area (Å²) in [6.07, 6.45) is 11.7. The molecule has 0 saturated carbocycles. The molecule has 1 unspecified atom stereocenters. The standard InChI is InChI=1S/C23H25N3O3/c1-3-28-21-11-7-10-19(12-13-21)24-16-18(22-14-17(2)26-29-22)15-23(27)25-20-8-5-4-6-9-20/h4-14,16,19,24H,3,15H2,1-2H3,(H,25,27)/b18-16+. The van der Waals surface area contributed by atoms with Crippen molar-refractivity contribution in [2.75, 3.05) is 11.9 Å². The highest BCUT2D eigenvalue weighted by molar-refractivity contribution is 5.97. The third kappa shape index (κ3) is 6.24. The highest BCUT2D eigenvalue weighted by Crippen LogP contribution is 2.20. The predicted octanol–water partition coefficient (Wildman–Crippen LogP) is 4.36. The van der Waals surface area contributed by atoms with Crippen molar-refractivity contribution in [2.24, 2.45) is 0 Å². The Morgan fingerprint density at radius 1 is 1.28 bits per heavy atom. The molecule has 150 valence electrons. The quantitative estimate of drug-likeness (QED) is 0.699. The lowest BCUT2D eigenvalue weighted by molar-refractivity contribution is -0.115. The second-order valence-corrected chi connectivity index (χ2v) is 6.53. The first-order chi connectivity index (χ1) is 14.1. The first-order valence-corrected chi connectivity index (χ1v) is 9.57. The third-order valence-electron chi connectivity index (χ3n) is 4.16. The van der Waals surface area contributed by atoms with E-state index in [1.165, 1.54) is 0 Å². The van der Waals surface area contributed by atoms with Crippen LogP contribution in [-0.2, 0) is 9.53 Å². The summed E-state index contributed by atoms with van der Waals surface area (Å²) in [5.74, 6) is 1.24. The minimum Gasteiger partial charge on any atom is -0.494 e. The Labute approximate surface area is 170 Å². The lowest BCUT2D eigenvalue weighted by atomic mass is 10.1. The zero-order valence-electron chi connectivity index (χ0n) is 16.6. The number of nitrogens with one attached hydrogen (secondary N) is 2. The Hall–Kier alpha value is -3.54. The molecule has 0 fully saturated rings. The van der Waals surface area contributed by atoms with Gasteiger partial charge in [0.1, 0.15) is 5.76 Å². The summed E-state index contributed by atoms with van der Waals surface area (Å²) in [5, 5.41) is 10.1. The van der Waals surface area contributed by atoms with Gasteiger partial charge in [-0.3, -0.25) is 4.79 Å². The fourth-order valence-corrected chi connectivity index (χ4v) is 2.78. The number of rotatable bonds is 8. The number of carbonyl (C=O) groups is 1. The SMILES string of the molecule is CCOC1=CC=CC(N/C=C(\CC(=O)Nc2ccccc2)c2cc(C)no2)C=C1. The minimum absolute atomic E-state index is 0.0413. The van der Waals surface area contributed by atoms with Crippen LogP contribution in [0.4, 0.5) is 5.69 Å². The van der Waals surface area contributed by atoms with Crippen molar-refractivity contribution >= 4 is 17.2 Å². The van der Waals surface area contributed by atoms with E-state index in [2.05, 4.69) is 15.8 Å². The Kier molecular flexibility index (Phi) is 7.05. The zero-order valence-corrected chi connectivity index (χ0v) is 16.6. The largest absolute Gasteiger partial charge is 0.494 e. The van der Waals surface area contributed by atoms with Gasteiger partial charge in [0.25, 0.3) is 0 Å². The Balaban J connectivity index is 1.70. The van der Waals surface area contributed by atoms with Crippen LogP contribution in [0.15, 0.2) is 83.3 Å². The van der Waals surface area contributed by atoms with E-state index < -0.39 is 0 Å². The molecular formula is C23H25N3O3. The van der Waals surface area contributed by atoms with Gasteiger partial charge < -0.3 is 19.9 Å². The smallest absolute Gasteiger partial charge is 0.228 e. The number of allylic oxidation sites excluding steroid dienone is 3. The minimum atomic E-state index is -0.134. The van der Waals surface area contributed by atoms with E-state index in [1.807, 2.05) is 80.6 Å². The van der Waals surface area contributed by atoms with E-state index in [1.54, 1.807) is 6.20 Å². The topological polar surface area (TPSA) is 76.4 Å². The molecule has 29 heavy (non-hydrogen) atoms. The molecule has 1 amide bonds. The maximum atomic E-state index is 12.5. The number of amides is 1. The molecule has 1 heterocycles. The first-order valence-electron chi connectivity index (χ1n) is 9.57. The Morgan fingerprint density at radius 3 is 2.83 bits per heavy atom. The summed E-state index contributed by atoms with van der Waals surface area (Å²) in [5.41, 5.74) is 2.22. The second kappa shape index (κ2) is 10.1. The summed E-state index contributed by atoms with van der Waals surface area (Å²) in [4.78, 5) is 12.5. The van der Waals surface area contributed by atoms with Gasteiger partial charge in [-0.05, 0) is 38.1 Å². The van der Waals surface area contributed by atoms with Crippen LogP contribution in [0.5, 0.6) is 0 Å². The van der Waals surface area contributed by atoms with Gasteiger partial charge in [0, 0.05) is 23.5 Å². The van der Waals surface area contributed by atoms with Crippen LogP contribution in [0.25, 0.3) is 5.57 Å². The summed E-state index contributed by atoms with van der Waals surface area (Å²) in [6.45, 7) is 4.42. The van der Waals surface area contributed by atoms with Crippen LogP contribution in [-0.4, -0.2) is 23.7 Å². The van der Waals surface area contributed by atoms with E-state index in [4.69, 9.17) is 9.26 Å². The van der Waals surface area contributed by atoms with Crippen molar-refractivity contribution in [1.29, 1.82) is 0 Å². The van der Waals surface area contributed by atoms with Crippen molar-refractivity contribution in [3.05, 3.63) is 90.2 Å². The second-order valence-electron chi connectivity index (χ2n) is 6.53. The Morgan fingerprint density at radius 2 is 2.10 bits per heavy atom. The summed E-state index contributed by atoms with van der Waals surface area (Å²) in [6, 6.07) is 11.1. The summed E-state index contributed by atoms with van der Waals surface area (Å²) < 4.78 is 10.9.